The number of nitrogens with one attached hydrogen (secondary N) is 1. The molecule has 0 saturated carbocycles. The van der Waals surface area contributed by atoms with E-state index in [1.165, 1.54) is 11.6 Å². The van der Waals surface area contributed by atoms with Crippen molar-refractivity contribution in [2.75, 3.05) is 0 Å². The maximum atomic E-state index is 10.2. The Labute approximate surface area is 98.0 Å². The Bertz CT molecular complexity index is 555. The average Bonchev–Trinajstić information content (AvgIpc) is 2.76. The molecule has 0 unspecified atom stereocenters. The van der Waals surface area contributed by atoms with Gasteiger partial charge in [0.15, 0.2) is 0 Å². The molecular weight excluding hydrogens is 218 g/mol. The van der Waals surface area contributed by atoms with Crippen LogP contribution in [-0.2, 0) is 0 Å². The fourth-order valence-corrected chi connectivity index (χ4v) is 1.42. The lowest BCUT2D eigenvalue weighted by Gasteiger charge is -1.96. The lowest BCUT2D eigenvalue weighted by Crippen LogP contribution is -1.83. The summed E-state index contributed by atoms with van der Waals surface area (Å²) in [5, 5.41) is 10.2. The van der Waals surface area contributed by atoms with Crippen molar-refractivity contribution in [1.82, 2.24) is 9.97 Å². The van der Waals surface area contributed by atoms with Gasteiger partial charge in [0.1, 0.15) is 5.82 Å². The van der Waals surface area contributed by atoms with Crippen molar-refractivity contribution < 1.29 is 4.92 Å². The highest BCUT2D eigenvalue weighted by atomic mass is 16.6. The Balaban J connectivity index is 2.23. The Kier molecular flexibility index (Phi) is 3.00. The topological polar surface area (TPSA) is 71.8 Å². The number of hydrogen-bond donors (Lipinski definition) is 1. The van der Waals surface area contributed by atoms with E-state index in [9.17, 15) is 10.1 Å². The molecule has 2 rings (SSSR count). The van der Waals surface area contributed by atoms with Crippen molar-refractivity contribution in [3.63, 3.8) is 0 Å². The number of aromatic amines is 1. The monoisotopic (exact) mass is 229 g/mol. The summed E-state index contributed by atoms with van der Waals surface area (Å²) in [5.74, 6) is 0.702. The molecule has 0 bridgehead atoms. The number of imidazole rings is 1. The van der Waals surface area contributed by atoms with E-state index in [1.54, 1.807) is 6.20 Å². The van der Waals surface area contributed by atoms with Crippen molar-refractivity contribution in [2.24, 2.45) is 0 Å². The lowest BCUT2D eigenvalue weighted by molar-refractivity contribution is -0.401. The van der Waals surface area contributed by atoms with Crippen LogP contribution in [0.5, 0.6) is 0 Å². The van der Waals surface area contributed by atoms with Crippen LogP contribution < -0.4 is 0 Å². The quantitative estimate of drug-likeness (QED) is 0.649. The van der Waals surface area contributed by atoms with Crippen LogP contribution in [0.4, 0.5) is 0 Å². The second-order valence-electron chi connectivity index (χ2n) is 3.65. The van der Waals surface area contributed by atoms with Gasteiger partial charge in [-0.25, -0.2) is 4.98 Å². The van der Waals surface area contributed by atoms with Gasteiger partial charge in [-0.3, -0.25) is 10.1 Å². The van der Waals surface area contributed by atoms with Gasteiger partial charge >= 0.3 is 0 Å². The standard InChI is InChI=1S/C12H11N3O2/c1-9-2-4-10(5-3-9)12-13-8-11(14-12)6-7-15(16)17/h2-8H,1H3,(H,13,14). The number of rotatable bonds is 3. The molecule has 0 aliphatic rings. The molecule has 0 saturated heterocycles. The van der Waals surface area contributed by atoms with Crippen LogP contribution in [0.25, 0.3) is 17.5 Å². The normalized spacial score (nSPS) is 10.9. The summed E-state index contributed by atoms with van der Waals surface area (Å²) in [6.07, 6.45) is 3.83. The summed E-state index contributed by atoms with van der Waals surface area (Å²) >= 11 is 0. The Morgan fingerprint density at radius 2 is 2.06 bits per heavy atom. The third-order valence-corrected chi connectivity index (χ3v) is 2.30. The average molecular weight is 229 g/mol. The van der Waals surface area contributed by atoms with Gasteiger partial charge in [0.2, 0.25) is 6.20 Å². The smallest absolute Gasteiger partial charge is 0.236 e. The molecule has 0 fully saturated rings. The third kappa shape index (κ3) is 2.78. The predicted octanol–water partition coefficient (Wildman–Crippen LogP) is 2.63. The van der Waals surface area contributed by atoms with Crippen LogP contribution in [0, 0.1) is 17.0 Å². The fraction of sp³-hybridized carbons (Fsp3) is 0.0833. The molecule has 0 atom stereocenters. The molecule has 1 N–H and O–H groups in total. The fourth-order valence-electron chi connectivity index (χ4n) is 1.42. The molecule has 5 nitrogen and oxygen atoms in total. The van der Waals surface area contributed by atoms with Crippen LogP contribution in [0.1, 0.15) is 11.3 Å². The van der Waals surface area contributed by atoms with E-state index in [0.29, 0.717) is 11.5 Å². The minimum Gasteiger partial charge on any atom is -0.338 e. The van der Waals surface area contributed by atoms with Crippen molar-refractivity contribution >= 4 is 6.08 Å². The van der Waals surface area contributed by atoms with Crippen LogP contribution >= 0.6 is 0 Å². The summed E-state index contributed by atoms with van der Waals surface area (Å²) < 4.78 is 0. The Morgan fingerprint density at radius 3 is 2.71 bits per heavy atom. The zero-order chi connectivity index (χ0) is 12.3. The molecule has 1 heterocycles. The molecule has 86 valence electrons. The van der Waals surface area contributed by atoms with E-state index < -0.39 is 4.92 Å². The molecular formula is C12H11N3O2. The molecule has 5 heteroatoms. The highest BCUT2D eigenvalue weighted by Gasteiger charge is 2.01. The Morgan fingerprint density at radius 1 is 1.35 bits per heavy atom. The minimum absolute atomic E-state index is 0.508. The van der Waals surface area contributed by atoms with E-state index in [-0.39, 0.29) is 0 Å². The number of nitrogens with zero attached hydrogens (tertiary/aromatic N) is 2. The largest absolute Gasteiger partial charge is 0.338 e. The first-order chi connectivity index (χ1) is 8.15. The van der Waals surface area contributed by atoms with Gasteiger partial charge in [0.25, 0.3) is 0 Å². The molecule has 2 aromatic rings. The maximum absolute atomic E-state index is 10.2. The number of aromatic nitrogens is 2. The first kappa shape index (κ1) is 11.1. The van der Waals surface area contributed by atoms with Crippen LogP contribution in [0.2, 0.25) is 0 Å². The van der Waals surface area contributed by atoms with Crippen molar-refractivity contribution in [2.45, 2.75) is 6.92 Å². The highest BCUT2D eigenvalue weighted by molar-refractivity contribution is 5.58. The highest BCUT2D eigenvalue weighted by Crippen LogP contribution is 2.16. The van der Waals surface area contributed by atoms with E-state index in [1.807, 2.05) is 31.2 Å². The van der Waals surface area contributed by atoms with E-state index in [2.05, 4.69) is 9.97 Å². The maximum Gasteiger partial charge on any atom is 0.236 e. The van der Waals surface area contributed by atoms with E-state index in [0.717, 1.165) is 11.8 Å². The number of hydrogen-bond acceptors (Lipinski definition) is 3. The van der Waals surface area contributed by atoms with E-state index >= 15 is 0 Å². The molecule has 0 amide bonds. The Hall–Kier alpha value is -2.43. The first-order valence-electron chi connectivity index (χ1n) is 5.09. The van der Waals surface area contributed by atoms with Gasteiger partial charge in [0, 0.05) is 11.6 Å². The summed E-state index contributed by atoms with van der Waals surface area (Å²) in [4.78, 5) is 16.8. The summed E-state index contributed by atoms with van der Waals surface area (Å²) in [6, 6.07) is 7.89. The van der Waals surface area contributed by atoms with Gasteiger partial charge < -0.3 is 4.98 Å². The molecule has 0 spiro atoms. The predicted molar refractivity (Wildman–Crippen MR) is 64.8 cm³/mol. The number of H-pyrrole nitrogens is 1. The summed E-state index contributed by atoms with van der Waals surface area (Å²) in [7, 11) is 0. The van der Waals surface area contributed by atoms with Crippen molar-refractivity contribution in [3.8, 4) is 11.4 Å². The van der Waals surface area contributed by atoms with Crippen molar-refractivity contribution in [1.29, 1.82) is 0 Å². The zero-order valence-corrected chi connectivity index (χ0v) is 9.25. The van der Waals surface area contributed by atoms with E-state index in [4.69, 9.17) is 0 Å². The van der Waals surface area contributed by atoms with Crippen LogP contribution in [-0.4, -0.2) is 14.9 Å². The molecule has 0 radical (unpaired) electrons. The second-order valence-corrected chi connectivity index (χ2v) is 3.65. The van der Waals surface area contributed by atoms with Gasteiger partial charge in [-0.1, -0.05) is 29.8 Å². The first-order valence-corrected chi connectivity index (χ1v) is 5.09. The van der Waals surface area contributed by atoms with Crippen LogP contribution in [0.15, 0.2) is 36.7 Å². The summed E-state index contributed by atoms with van der Waals surface area (Å²) in [5.41, 5.74) is 2.74. The lowest BCUT2D eigenvalue weighted by atomic mass is 10.1. The molecule has 1 aromatic carbocycles. The summed E-state index contributed by atoms with van der Waals surface area (Å²) in [6.45, 7) is 2.01. The van der Waals surface area contributed by atoms with Gasteiger partial charge in [-0.2, -0.15) is 0 Å². The van der Waals surface area contributed by atoms with Gasteiger partial charge in [-0.05, 0) is 6.92 Å². The molecule has 0 aliphatic heterocycles. The zero-order valence-electron chi connectivity index (χ0n) is 9.25. The SMILES string of the molecule is Cc1ccc(-c2ncc(C=C[N+](=O)[O-])[nH]2)cc1. The van der Waals surface area contributed by atoms with Crippen molar-refractivity contribution in [3.05, 3.63) is 58.0 Å². The number of aryl methyl sites for hydroxylation is 1. The third-order valence-electron chi connectivity index (χ3n) is 2.30. The molecule has 0 aliphatic carbocycles. The number of nitro groups is 1. The second kappa shape index (κ2) is 4.61. The molecule has 1 aromatic heterocycles. The molecule has 17 heavy (non-hydrogen) atoms. The van der Waals surface area contributed by atoms with Crippen LogP contribution in [0.3, 0.4) is 0 Å². The van der Waals surface area contributed by atoms with Gasteiger partial charge in [0.05, 0.1) is 16.8 Å². The number of benzene rings is 1. The minimum atomic E-state index is -0.508. The van der Waals surface area contributed by atoms with Gasteiger partial charge in [-0.15, -0.1) is 0 Å².